The quantitative estimate of drug-likeness (QED) is 0.355. The number of rotatable bonds is 4. The first-order valence-electron chi connectivity index (χ1n) is 10.0. The zero-order valence-corrected chi connectivity index (χ0v) is 18.0. The van der Waals surface area contributed by atoms with E-state index >= 15 is 0 Å². The highest BCUT2D eigenvalue weighted by atomic mass is 19.4. The van der Waals surface area contributed by atoms with Crippen LogP contribution in [0.3, 0.4) is 0 Å². The van der Waals surface area contributed by atoms with E-state index in [2.05, 4.69) is 26.0 Å². The fourth-order valence-corrected chi connectivity index (χ4v) is 3.64. The number of nitrogens with two attached hydrogens (primary N) is 2. The van der Waals surface area contributed by atoms with Crippen LogP contribution in [0.2, 0.25) is 0 Å². The van der Waals surface area contributed by atoms with Crippen LogP contribution in [0.5, 0.6) is 0 Å². The second-order valence-electron chi connectivity index (χ2n) is 7.19. The molecular formula is C21H25F3N8O. The first-order valence-corrected chi connectivity index (χ1v) is 10.0. The first-order chi connectivity index (χ1) is 15.7. The summed E-state index contributed by atoms with van der Waals surface area (Å²) in [5.41, 5.74) is 9.36. The molecule has 1 aliphatic rings. The molecule has 0 spiro atoms. The molecule has 0 radical (unpaired) electrons. The van der Waals surface area contributed by atoms with Crippen LogP contribution in [-0.4, -0.2) is 53.4 Å². The fraction of sp³-hybridized carbons (Fsp3) is 0.381. The van der Waals surface area contributed by atoms with Crippen molar-refractivity contribution in [2.75, 3.05) is 26.7 Å². The summed E-state index contributed by atoms with van der Waals surface area (Å²) in [6.45, 7) is 0.843. The number of amides is 1. The van der Waals surface area contributed by atoms with Crippen molar-refractivity contribution in [1.82, 2.24) is 20.2 Å². The van der Waals surface area contributed by atoms with Crippen LogP contribution in [0.1, 0.15) is 34.5 Å². The topological polar surface area (TPSA) is 146 Å². The van der Waals surface area contributed by atoms with E-state index in [0.717, 1.165) is 12.1 Å². The van der Waals surface area contributed by atoms with Gasteiger partial charge in [-0.1, -0.05) is 18.2 Å². The number of likely N-dealkylation sites (tertiary alicyclic amines) is 1. The summed E-state index contributed by atoms with van der Waals surface area (Å²) in [5, 5.41) is 11.5. The molecule has 0 atom stereocenters. The van der Waals surface area contributed by atoms with Gasteiger partial charge in [-0.05, 0) is 31.5 Å². The second kappa shape index (κ2) is 11.2. The number of nitrogens with one attached hydrogen (secondary N) is 1. The van der Waals surface area contributed by atoms with Gasteiger partial charge in [0, 0.05) is 37.4 Å². The van der Waals surface area contributed by atoms with Gasteiger partial charge in [0.05, 0.1) is 11.8 Å². The largest absolute Gasteiger partial charge is 0.416 e. The standard InChI is InChI=1S/C20H20F3N7O.CH5N/c21-20(22,23)15-3-1-2-14(10-15)19(4-8-30(9-5-19)18(25)29-13-24)12-28-17(31)16-11-26-6-7-27-16;1-2/h1-3,6-7,10-11H,4-5,8-9,12H2,(H2,25,29)(H,28,31);2H2,1H3. The lowest BCUT2D eigenvalue weighted by molar-refractivity contribution is -0.137. The van der Waals surface area contributed by atoms with Crippen molar-refractivity contribution in [3.8, 4) is 6.19 Å². The van der Waals surface area contributed by atoms with Gasteiger partial charge in [-0.2, -0.15) is 18.4 Å². The maximum Gasteiger partial charge on any atom is 0.416 e. The predicted octanol–water partition coefficient (Wildman–Crippen LogP) is 1.63. The molecule has 1 fully saturated rings. The Labute approximate surface area is 189 Å². The number of halogens is 3. The number of guanidine groups is 1. The van der Waals surface area contributed by atoms with Crippen molar-refractivity contribution in [2.24, 2.45) is 16.5 Å². The van der Waals surface area contributed by atoms with Gasteiger partial charge in [0.25, 0.3) is 5.91 Å². The summed E-state index contributed by atoms with van der Waals surface area (Å²) >= 11 is 0. The summed E-state index contributed by atoms with van der Waals surface area (Å²) < 4.78 is 39.9. The number of hydrogen-bond donors (Lipinski definition) is 3. The van der Waals surface area contributed by atoms with E-state index in [1.54, 1.807) is 17.2 Å². The highest BCUT2D eigenvalue weighted by Crippen LogP contribution is 2.38. The maximum atomic E-state index is 13.3. The molecule has 9 nitrogen and oxygen atoms in total. The van der Waals surface area contributed by atoms with E-state index in [1.807, 2.05) is 0 Å². The van der Waals surface area contributed by atoms with Crippen molar-refractivity contribution in [1.29, 1.82) is 5.26 Å². The van der Waals surface area contributed by atoms with Crippen molar-refractivity contribution in [3.05, 3.63) is 59.7 Å². The average Bonchev–Trinajstić information content (AvgIpc) is 2.84. The number of piperidine rings is 1. The highest BCUT2D eigenvalue weighted by molar-refractivity contribution is 5.91. The Kier molecular flexibility index (Phi) is 8.70. The second-order valence-corrected chi connectivity index (χ2v) is 7.19. The molecule has 1 aliphatic heterocycles. The molecule has 1 aromatic carbocycles. The Balaban J connectivity index is 0.00000187. The van der Waals surface area contributed by atoms with Crippen molar-refractivity contribution in [3.63, 3.8) is 0 Å². The van der Waals surface area contributed by atoms with Gasteiger partial charge in [0.1, 0.15) is 5.69 Å². The normalized spacial score (nSPS) is 15.6. The van der Waals surface area contributed by atoms with Crippen LogP contribution < -0.4 is 16.8 Å². The maximum absolute atomic E-state index is 13.3. The van der Waals surface area contributed by atoms with Crippen molar-refractivity contribution < 1.29 is 18.0 Å². The van der Waals surface area contributed by atoms with E-state index in [0.29, 0.717) is 31.5 Å². The zero-order valence-electron chi connectivity index (χ0n) is 18.0. The number of nitriles is 1. The molecule has 3 rings (SSSR count). The van der Waals surface area contributed by atoms with E-state index < -0.39 is 23.1 Å². The Morgan fingerprint density at radius 2 is 2.00 bits per heavy atom. The summed E-state index contributed by atoms with van der Waals surface area (Å²) in [6, 6.07) is 5.13. The molecule has 0 saturated carbocycles. The number of aromatic nitrogens is 2. The number of nitrogens with zero attached hydrogens (tertiary/aromatic N) is 5. The molecule has 1 amide bonds. The van der Waals surface area contributed by atoms with Gasteiger partial charge >= 0.3 is 6.18 Å². The van der Waals surface area contributed by atoms with Gasteiger partial charge < -0.3 is 21.7 Å². The molecule has 2 aromatic rings. The van der Waals surface area contributed by atoms with E-state index in [4.69, 9.17) is 11.0 Å². The fourth-order valence-electron chi connectivity index (χ4n) is 3.64. The Hall–Kier alpha value is -3.72. The van der Waals surface area contributed by atoms with Crippen LogP contribution >= 0.6 is 0 Å². The molecule has 0 bridgehead atoms. The molecule has 5 N–H and O–H groups in total. The number of aliphatic imine (C=N–C) groups is 1. The minimum Gasteiger partial charge on any atom is -0.369 e. The smallest absolute Gasteiger partial charge is 0.369 e. The van der Waals surface area contributed by atoms with Crippen molar-refractivity contribution >= 4 is 11.9 Å². The molecular weight excluding hydrogens is 437 g/mol. The minimum atomic E-state index is -4.48. The van der Waals surface area contributed by atoms with Crippen LogP contribution in [0, 0.1) is 11.5 Å². The van der Waals surface area contributed by atoms with Crippen LogP contribution in [-0.2, 0) is 11.6 Å². The molecule has 1 aromatic heterocycles. The average molecular weight is 462 g/mol. The number of alkyl halides is 3. The third-order valence-corrected chi connectivity index (χ3v) is 5.39. The van der Waals surface area contributed by atoms with Crippen molar-refractivity contribution in [2.45, 2.75) is 24.4 Å². The molecule has 0 aliphatic carbocycles. The van der Waals surface area contributed by atoms with Gasteiger partial charge in [-0.25, -0.2) is 4.98 Å². The number of carbonyl (C=O) groups is 1. The Bertz CT molecular complexity index is 997. The lowest BCUT2D eigenvalue weighted by atomic mass is 9.72. The Morgan fingerprint density at radius 1 is 1.30 bits per heavy atom. The summed E-state index contributed by atoms with van der Waals surface area (Å²) in [5.74, 6) is -0.406. The predicted molar refractivity (Wildman–Crippen MR) is 116 cm³/mol. The van der Waals surface area contributed by atoms with Crippen LogP contribution in [0.4, 0.5) is 13.2 Å². The van der Waals surface area contributed by atoms with Gasteiger partial charge in [-0.3, -0.25) is 9.78 Å². The zero-order chi connectivity index (χ0) is 24.5. The van der Waals surface area contributed by atoms with Crippen LogP contribution in [0.15, 0.2) is 47.8 Å². The summed E-state index contributed by atoms with van der Waals surface area (Å²) in [4.78, 5) is 25.5. The molecule has 176 valence electrons. The molecule has 33 heavy (non-hydrogen) atoms. The van der Waals surface area contributed by atoms with Gasteiger partial charge in [0.2, 0.25) is 12.2 Å². The molecule has 12 heteroatoms. The molecule has 2 heterocycles. The molecule has 0 unspecified atom stereocenters. The van der Waals surface area contributed by atoms with Gasteiger partial charge in [-0.15, -0.1) is 4.99 Å². The lowest BCUT2D eigenvalue weighted by Crippen LogP contribution is -2.52. The number of carbonyl (C=O) groups excluding carboxylic acids is 1. The number of hydrogen-bond acceptors (Lipinski definition) is 6. The lowest BCUT2D eigenvalue weighted by Gasteiger charge is -2.42. The monoisotopic (exact) mass is 462 g/mol. The van der Waals surface area contributed by atoms with Crippen LogP contribution in [0.25, 0.3) is 0 Å². The summed E-state index contributed by atoms with van der Waals surface area (Å²) in [6.07, 6.45) is 2.07. The van der Waals surface area contributed by atoms with Gasteiger partial charge in [0.15, 0.2) is 0 Å². The highest BCUT2D eigenvalue weighted by Gasteiger charge is 2.39. The minimum absolute atomic E-state index is 0.0590. The Morgan fingerprint density at radius 3 is 2.58 bits per heavy atom. The van der Waals surface area contributed by atoms with E-state index in [-0.39, 0.29) is 18.2 Å². The van der Waals surface area contributed by atoms with E-state index in [1.165, 1.54) is 31.7 Å². The third kappa shape index (κ3) is 6.39. The van der Waals surface area contributed by atoms with E-state index in [9.17, 15) is 18.0 Å². The third-order valence-electron chi connectivity index (χ3n) is 5.39. The SMILES string of the molecule is CN.N#CN=C(N)N1CCC(CNC(=O)c2cnccn2)(c2cccc(C(F)(F)F)c2)CC1. The summed E-state index contributed by atoms with van der Waals surface area (Å²) in [7, 11) is 1.50. The molecule has 1 saturated heterocycles. The number of benzene rings is 1. The first kappa shape index (κ1) is 25.5.